The Hall–Kier alpha value is -2.71. The van der Waals surface area contributed by atoms with Gasteiger partial charge in [0.25, 0.3) is 0 Å². The smallest absolute Gasteiger partial charge is 0.427 e. The lowest BCUT2D eigenvalue weighted by Crippen LogP contribution is -2.29. The zero-order chi connectivity index (χ0) is 20.4. The second-order valence-corrected chi connectivity index (χ2v) is 6.54. The standard InChI is InChI=1S/C19H17F5N2O2/c1-12-2-4-13(5-3-12)18(21,22)27-14-6-8-16(25-10-14)19(23,24)28-15-7-9-17(20)26-11-15/h4,6-12H,2-3,5H2,1H3. The zero-order valence-corrected chi connectivity index (χ0v) is 14.8. The second-order valence-electron chi connectivity index (χ2n) is 6.54. The molecule has 3 rings (SSSR count). The van der Waals surface area contributed by atoms with Gasteiger partial charge >= 0.3 is 12.2 Å². The molecule has 2 aromatic heterocycles. The van der Waals surface area contributed by atoms with Crippen molar-refractivity contribution in [2.24, 2.45) is 5.92 Å². The largest absolute Gasteiger partial charge is 0.444 e. The third-order valence-corrected chi connectivity index (χ3v) is 4.27. The van der Waals surface area contributed by atoms with Gasteiger partial charge in [-0.15, -0.1) is 0 Å². The maximum atomic E-state index is 14.2. The second kappa shape index (κ2) is 7.73. The predicted molar refractivity (Wildman–Crippen MR) is 89.6 cm³/mol. The minimum absolute atomic E-state index is 0.132. The molecule has 0 N–H and O–H groups in total. The fourth-order valence-corrected chi connectivity index (χ4v) is 2.68. The highest BCUT2D eigenvalue weighted by Crippen LogP contribution is 2.36. The fourth-order valence-electron chi connectivity index (χ4n) is 2.68. The van der Waals surface area contributed by atoms with Crippen LogP contribution in [-0.2, 0) is 6.11 Å². The molecule has 1 unspecified atom stereocenters. The summed E-state index contributed by atoms with van der Waals surface area (Å²) in [6.07, 6.45) is -3.02. The van der Waals surface area contributed by atoms with E-state index < -0.39 is 23.9 Å². The number of aromatic nitrogens is 2. The molecule has 2 aromatic rings. The van der Waals surface area contributed by atoms with Crippen LogP contribution in [0.15, 0.2) is 48.3 Å². The summed E-state index contributed by atoms with van der Waals surface area (Å²) >= 11 is 0. The van der Waals surface area contributed by atoms with Crippen molar-refractivity contribution in [2.45, 2.75) is 38.4 Å². The summed E-state index contributed by atoms with van der Waals surface area (Å²) in [6, 6.07) is 3.62. The van der Waals surface area contributed by atoms with Gasteiger partial charge in [0.2, 0.25) is 5.95 Å². The summed E-state index contributed by atoms with van der Waals surface area (Å²) in [6.45, 7) is 1.97. The van der Waals surface area contributed by atoms with Crippen LogP contribution in [0.4, 0.5) is 22.0 Å². The number of nitrogens with zero attached hydrogens (tertiary/aromatic N) is 2. The van der Waals surface area contributed by atoms with Crippen LogP contribution in [0.5, 0.6) is 11.5 Å². The highest BCUT2D eigenvalue weighted by atomic mass is 19.3. The monoisotopic (exact) mass is 400 g/mol. The van der Waals surface area contributed by atoms with Crippen LogP contribution in [0, 0.1) is 11.9 Å². The third-order valence-electron chi connectivity index (χ3n) is 4.27. The molecule has 1 aliphatic rings. The Morgan fingerprint density at radius 3 is 2.11 bits per heavy atom. The summed E-state index contributed by atoms with van der Waals surface area (Å²) in [5, 5.41) is 0. The molecule has 0 radical (unpaired) electrons. The van der Waals surface area contributed by atoms with Gasteiger partial charge in [-0.2, -0.15) is 22.0 Å². The number of allylic oxidation sites excluding steroid dienone is 1. The number of pyridine rings is 2. The molecule has 2 heterocycles. The Labute approximate surface area is 158 Å². The first kappa shape index (κ1) is 20.0. The van der Waals surface area contributed by atoms with Crippen LogP contribution in [0.1, 0.15) is 31.9 Å². The number of halogens is 5. The lowest BCUT2D eigenvalue weighted by Gasteiger charge is -2.25. The molecule has 1 aliphatic carbocycles. The van der Waals surface area contributed by atoms with Gasteiger partial charge in [-0.25, -0.2) is 9.97 Å². The summed E-state index contributed by atoms with van der Waals surface area (Å²) < 4.78 is 78.6. The normalized spacial score (nSPS) is 17.8. The zero-order valence-electron chi connectivity index (χ0n) is 14.8. The van der Waals surface area contributed by atoms with Crippen molar-refractivity contribution in [3.63, 3.8) is 0 Å². The van der Waals surface area contributed by atoms with E-state index in [1.165, 1.54) is 6.08 Å². The van der Waals surface area contributed by atoms with Crippen molar-refractivity contribution < 1.29 is 31.4 Å². The van der Waals surface area contributed by atoms with E-state index in [4.69, 9.17) is 0 Å². The Morgan fingerprint density at radius 1 is 0.929 bits per heavy atom. The first-order valence-corrected chi connectivity index (χ1v) is 8.57. The predicted octanol–water partition coefficient (Wildman–Crippen LogP) is 5.46. The molecule has 0 saturated carbocycles. The van der Waals surface area contributed by atoms with E-state index >= 15 is 0 Å². The Balaban J connectivity index is 1.69. The van der Waals surface area contributed by atoms with E-state index in [1.807, 2.05) is 6.92 Å². The molecule has 4 nitrogen and oxygen atoms in total. The fraction of sp³-hybridized carbons (Fsp3) is 0.368. The van der Waals surface area contributed by atoms with E-state index in [9.17, 15) is 22.0 Å². The first-order chi connectivity index (χ1) is 13.2. The number of ether oxygens (including phenoxy) is 2. The summed E-state index contributed by atoms with van der Waals surface area (Å²) in [4.78, 5) is 6.66. The summed E-state index contributed by atoms with van der Waals surface area (Å²) in [7, 11) is 0. The number of alkyl halides is 4. The molecule has 28 heavy (non-hydrogen) atoms. The van der Waals surface area contributed by atoms with Gasteiger partial charge in [0.1, 0.15) is 11.5 Å². The summed E-state index contributed by atoms with van der Waals surface area (Å²) in [5.41, 5.74) is -0.953. The summed E-state index contributed by atoms with van der Waals surface area (Å²) in [5.74, 6) is -1.25. The topological polar surface area (TPSA) is 44.2 Å². The Morgan fingerprint density at radius 2 is 1.57 bits per heavy atom. The molecule has 0 fully saturated rings. The van der Waals surface area contributed by atoms with Crippen molar-refractivity contribution >= 4 is 0 Å². The van der Waals surface area contributed by atoms with Crippen molar-refractivity contribution in [3.05, 3.63) is 59.9 Å². The molecule has 0 saturated heterocycles. The minimum Gasteiger partial charge on any atom is -0.427 e. The molecule has 1 atom stereocenters. The Bertz CT molecular complexity index is 838. The quantitative estimate of drug-likeness (QED) is 0.367. The van der Waals surface area contributed by atoms with Crippen LogP contribution in [0.2, 0.25) is 0 Å². The van der Waals surface area contributed by atoms with Crippen LogP contribution in [0.25, 0.3) is 0 Å². The van der Waals surface area contributed by atoms with Gasteiger partial charge in [0, 0.05) is 5.57 Å². The average Bonchev–Trinajstić information content (AvgIpc) is 2.64. The maximum Gasteiger partial charge on any atom is 0.444 e. The average molecular weight is 400 g/mol. The van der Waals surface area contributed by atoms with E-state index in [0.717, 1.165) is 36.7 Å². The number of hydrogen-bond donors (Lipinski definition) is 0. The van der Waals surface area contributed by atoms with Crippen LogP contribution in [0.3, 0.4) is 0 Å². The van der Waals surface area contributed by atoms with Gasteiger partial charge in [-0.1, -0.05) is 13.0 Å². The molecule has 150 valence electrons. The highest BCUT2D eigenvalue weighted by Gasteiger charge is 2.39. The van der Waals surface area contributed by atoms with Gasteiger partial charge in [-0.05, 0) is 49.4 Å². The molecule has 0 amide bonds. The van der Waals surface area contributed by atoms with E-state index in [1.54, 1.807) is 0 Å². The van der Waals surface area contributed by atoms with Gasteiger partial charge < -0.3 is 9.47 Å². The van der Waals surface area contributed by atoms with Crippen molar-refractivity contribution in [1.82, 2.24) is 9.97 Å². The molecular formula is C19H17F5N2O2. The van der Waals surface area contributed by atoms with Gasteiger partial charge in [0.15, 0.2) is 5.69 Å². The molecule has 0 spiro atoms. The SMILES string of the molecule is CC1CC=C(C(F)(F)Oc2ccc(C(F)(F)Oc3ccc(F)nc3)nc2)CC1. The van der Waals surface area contributed by atoms with Crippen LogP contribution >= 0.6 is 0 Å². The third kappa shape index (κ3) is 4.76. The molecule has 9 heteroatoms. The van der Waals surface area contributed by atoms with Crippen LogP contribution in [-0.4, -0.2) is 16.1 Å². The minimum atomic E-state index is -3.87. The van der Waals surface area contributed by atoms with Crippen molar-refractivity contribution in [2.75, 3.05) is 0 Å². The molecule has 0 aliphatic heterocycles. The number of rotatable bonds is 6. The van der Waals surface area contributed by atoms with Gasteiger partial charge in [0.05, 0.1) is 12.4 Å². The first-order valence-electron chi connectivity index (χ1n) is 8.57. The van der Waals surface area contributed by atoms with Gasteiger partial charge in [-0.3, -0.25) is 0 Å². The maximum absolute atomic E-state index is 14.2. The highest BCUT2D eigenvalue weighted by molar-refractivity contribution is 5.25. The molecule has 0 bridgehead atoms. The van der Waals surface area contributed by atoms with E-state index in [2.05, 4.69) is 19.4 Å². The lowest BCUT2D eigenvalue weighted by atomic mass is 9.90. The number of hydrogen-bond acceptors (Lipinski definition) is 4. The van der Waals surface area contributed by atoms with Crippen molar-refractivity contribution in [3.8, 4) is 11.5 Å². The lowest BCUT2D eigenvalue weighted by molar-refractivity contribution is -0.188. The van der Waals surface area contributed by atoms with E-state index in [-0.39, 0.29) is 23.5 Å². The van der Waals surface area contributed by atoms with Crippen LogP contribution < -0.4 is 9.47 Å². The van der Waals surface area contributed by atoms with Crippen molar-refractivity contribution in [1.29, 1.82) is 0 Å². The molecule has 0 aromatic carbocycles. The van der Waals surface area contributed by atoms with E-state index in [0.29, 0.717) is 18.8 Å². The Kier molecular flexibility index (Phi) is 5.53. The molecular weight excluding hydrogens is 383 g/mol.